The molecule has 1 saturated carbocycles. The molecule has 0 N–H and O–H groups in total. The summed E-state index contributed by atoms with van der Waals surface area (Å²) in [5.41, 5.74) is 3.84. The number of aromatic nitrogens is 5. The molecule has 0 saturated heterocycles. The van der Waals surface area contributed by atoms with Gasteiger partial charge >= 0.3 is 0 Å². The molecule has 0 unspecified atom stereocenters. The third-order valence-electron chi connectivity index (χ3n) is 5.48. The number of methoxy groups -OCH3 is 1. The fourth-order valence-electron chi connectivity index (χ4n) is 4.00. The Hall–Kier alpha value is -2.45. The lowest BCUT2D eigenvalue weighted by atomic mass is 10.2. The van der Waals surface area contributed by atoms with E-state index in [0.29, 0.717) is 18.4 Å². The first kappa shape index (κ1) is 20.8. The monoisotopic (exact) mass is 425 g/mol. The molecule has 3 aromatic heterocycles. The first-order valence-corrected chi connectivity index (χ1v) is 11.2. The van der Waals surface area contributed by atoms with Crippen LogP contribution in [0.25, 0.3) is 11.4 Å². The van der Waals surface area contributed by atoms with Gasteiger partial charge < -0.3 is 9.30 Å². The van der Waals surface area contributed by atoms with Crippen LogP contribution in [0.2, 0.25) is 0 Å². The van der Waals surface area contributed by atoms with Gasteiger partial charge in [0.2, 0.25) is 0 Å². The van der Waals surface area contributed by atoms with Crippen molar-refractivity contribution >= 4 is 17.5 Å². The maximum Gasteiger partial charge on any atom is 0.192 e. The van der Waals surface area contributed by atoms with E-state index in [1.54, 1.807) is 19.5 Å². The van der Waals surface area contributed by atoms with Crippen molar-refractivity contribution in [1.82, 2.24) is 24.3 Å². The summed E-state index contributed by atoms with van der Waals surface area (Å²) in [6.07, 6.45) is 5.77. The molecule has 4 rings (SSSR count). The Balaban J connectivity index is 1.53. The lowest BCUT2D eigenvalue weighted by Crippen LogP contribution is -2.14. The van der Waals surface area contributed by atoms with E-state index < -0.39 is 0 Å². The average molecular weight is 426 g/mol. The van der Waals surface area contributed by atoms with Crippen molar-refractivity contribution in [2.45, 2.75) is 50.9 Å². The van der Waals surface area contributed by atoms with Gasteiger partial charge in [0.05, 0.1) is 18.4 Å². The number of nitrogens with zero attached hydrogens (tertiary/aromatic N) is 5. The van der Waals surface area contributed by atoms with Gasteiger partial charge in [0.1, 0.15) is 0 Å². The standard InChI is InChI=1S/C22H27N5O2S/c1-14-11-19(16(3)26(14)15(2)12-29-4)20(28)13-30-22-25-24-21(27(22)18-5-6-18)17-7-9-23-10-8-17/h7-11,15,18H,5-6,12-13H2,1-4H3/t15-/m0/s1. The Morgan fingerprint density at radius 3 is 2.67 bits per heavy atom. The van der Waals surface area contributed by atoms with E-state index in [0.717, 1.165) is 46.3 Å². The van der Waals surface area contributed by atoms with Crippen molar-refractivity contribution in [3.8, 4) is 11.4 Å². The van der Waals surface area contributed by atoms with Crippen LogP contribution in [-0.2, 0) is 4.74 Å². The van der Waals surface area contributed by atoms with Crippen LogP contribution in [0.5, 0.6) is 0 Å². The minimum atomic E-state index is 0.111. The van der Waals surface area contributed by atoms with Crippen LogP contribution in [0.4, 0.5) is 0 Å². The van der Waals surface area contributed by atoms with E-state index in [9.17, 15) is 4.79 Å². The highest BCUT2D eigenvalue weighted by atomic mass is 32.2. The molecule has 1 aliphatic rings. The van der Waals surface area contributed by atoms with E-state index in [4.69, 9.17) is 4.74 Å². The molecular weight excluding hydrogens is 398 g/mol. The second-order valence-electron chi connectivity index (χ2n) is 7.81. The summed E-state index contributed by atoms with van der Waals surface area (Å²) >= 11 is 1.47. The molecule has 0 spiro atoms. The first-order chi connectivity index (χ1) is 14.5. The molecule has 7 nitrogen and oxygen atoms in total. The zero-order valence-corrected chi connectivity index (χ0v) is 18.6. The Labute approximate surface area is 180 Å². The summed E-state index contributed by atoms with van der Waals surface area (Å²) in [4.78, 5) is 17.1. The number of pyridine rings is 1. The molecule has 3 heterocycles. The number of carbonyl (C=O) groups is 1. The van der Waals surface area contributed by atoms with Crippen LogP contribution < -0.4 is 0 Å². The summed E-state index contributed by atoms with van der Waals surface area (Å²) in [6.45, 7) is 6.76. The van der Waals surface area contributed by atoms with E-state index in [2.05, 4.69) is 31.2 Å². The number of carbonyl (C=O) groups excluding carboxylic acids is 1. The van der Waals surface area contributed by atoms with Crippen molar-refractivity contribution in [1.29, 1.82) is 0 Å². The number of ether oxygens (including phenoxy) is 1. The SMILES string of the molecule is COC[C@H](C)n1c(C)cc(C(=O)CSc2nnc(-c3ccncc3)n2C2CC2)c1C. The Kier molecular flexibility index (Phi) is 6.06. The Bertz CT molecular complexity index is 1040. The van der Waals surface area contributed by atoms with Crippen molar-refractivity contribution < 1.29 is 9.53 Å². The number of rotatable bonds is 9. The second-order valence-corrected chi connectivity index (χ2v) is 8.76. The summed E-state index contributed by atoms with van der Waals surface area (Å²) in [6, 6.07) is 6.47. The molecule has 1 fully saturated rings. The molecule has 1 aliphatic carbocycles. The zero-order chi connectivity index (χ0) is 21.3. The van der Waals surface area contributed by atoms with Gasteiger partial charge in [-0.2, -0.15) is 0 Å². The van der Waals surface area contributed by atoms with Gasteiger partial charge in [-0.1, -0.05) is 11.8 Å². The maximum absolute atomic E-state index is 13.0. The Morgan fingerprint density at radius 1 is 1.27 bits per heavy atom. The highest BCUT2D eigenvalue weighted by molar-refractivity contribution is 7.99. The van der Waals surface area contributed by atoms with E-state index in [1.807, 2.05) is 32.0 Å². The minimum absolute atomic E-state index is 0.111. The van der Waals surface area contributed by atoms with Gasteiger partial charge in [0.25, 0.3) is 0 Å². The number of hydrogen-bond acceptors (Lipinski definition) is 6. The molecule has 0 aromatic carbocycles. The van der Waals surface area contributed by atoms with Crippen LogP contribution in [0, 0.1) is 13.8 Å². The molecule has 30 heavy (non-hydrogen) atoms. The maximum atomic E-state index is 13.0. The summed E-state index contributed by atoms with van der Waals surface area (Å²) in [5.74, 6) is 1.30. The molecule has 1 atom stereocenters. The first-order valence-electron chi connectivity index (χ1n) is 10.2. The lowest BCUT2D eigenvalue weighted by Gasteiger charge is -2.17. The largest absolute Gasteiger partial charge is 0.383 e. The summed E-state index contributed by atoms with van der Waals surface area (Å²) < 4.78 is 9.65. The van der Waals surface area contributed by atoms with Gasteiger partial charge in [0, 0.05) is 48.1 Å². The van der Waals surface area contributed by atoms with E-state index in [1.165, 1.54) is 11.8 Å². The molecular formula is C22H27N5O2S. The normalized spacial score (nSPS) is 14.8. The number of Topliss-reactive ketones (excluding diaryl/α,β-unsaturated/α-hetero) is 1. The third-order valence-corrected chi connectivity index (χ3v) is 6.42. The predicted octanol–water partition coefficient (Wildman–Crippen LogP) is 4.28. The quantitative estimate of drug-likeness (QED) is 0.376. The van der Waals surface area contributed by atoms with E-state index in [-0.39, 0.29) is 11.8 Å². The molecule has 0 radical (unpaired) electrons. The van der Waals surface area contributed by atoms with Crippen molar-refractivity contribution in [2.75, 3.05) is 19.5 Å². The van der Waals surface area contributed by atoms with Crippen molar-refractivity contribution in [2.24, 2.45) is 0 Å². The Morgan fingerprint density at radius 2 is 2.00 bits per heavy atom. The fraction of sp³-hybridized carbons (Fsp3) is 0.455. The molecule has 0 aliphatic heterocycles. The highest BCUT2D eigenvalue weighted by Gasteiger charge is 2.30. The van der Waals surface area contributed by atoms with Crippen LogP contribution in [0.15, 0.2) is 35.7 Å². The van der Waals surface area contributed by atoms with Gasteiger partial charge in [-0.3, -0.25) is 14.3 Å². The van der Waals surface area contributed by atoms with Crippen molar-refractivity contribution in [3.63, 3.8) is 0 Å². The van der Waals surface area contributed by atoms with Crippen LogP contribution in [-0.4, -0.2) is 49.6 Å². The third kappa shape index (κ3) is 4.06. The van der Waals surface area contributed by atoms with Crippen LogP contribution >= 0.6 is 11.8 Å². The predicted molar refractivity (Wildman–Crippen MR) is 117 cm³/mol. The lowest BCUT2D eigenvalue weighted by molar-refractivity contribution is 0.102. The average Bonchev–Trinajstić information content (AvgIpc) is 3.42. The van der Waals surface area contributed by atoms with Crippen LogP contribution in [0.3, 0.4) is 0 Å². The number of aryl methyl sites for hydroxylation is 1. The molecule has 158 valence electrons. The van der Waals surface area contributed by atoms with Crippen LogP contribution in [0.1, 0.15) is 53.6 Å². The summed E-state index contributed by atoms with van der Waals surface area (Å²) in [7, 11) is 1.70. The zero-order valence-electron chi connectivity index (χ0n) is 17.8. The smallest absolute Gasteiger partial charge is 0.192 e. The van der Waals surface area contributed by atoms with Gasteiger partial charge in [-0.15, -0.1) is 10.2 Å². The highest BCUT2D eigenvalue weighted by Crippen LogP contribution is 2.41. The van der Waals surface area contributed by atoms with Gasteiger partial charge in [-0.25, -0.2) is 0 Å². The number of ketones is 1. The number of hydrogen-bond donors (Lipinski definition) is 0. The number of thioether (sulfide) groups is 1. The molecule has 0 bridgehead atoms. The second kappa shape index (κ2) is 8.73. The van der Waals surface area contributed by atoms with Gasteiger partial charge in [0.15, 0.2) is 16.8 Å². The van der Waals surface area contributed by atoms with E-state index >= 15 is 0 Å². The fourth-order valence-corrected chi connectivity index (χ4v) is 4.89. The minimum Gasteiger partial charge on any atom is -0.383 e. The molecule has 3 aromatic rings. The molecule has 0 amide bonds. The molecule has 8 heteroatoms. The summed E-state index contributed by atoms with van der Waals surface area (Å²) in [5, 5.41) is 9.62. The van der Waals surface area contributed by atoms with Gasteiger partial charge in [-0.05, 0) is 51.8 Å². The topological polar surface area (TPSA) is 74.8 Å². The van der Waals surface area contributed by atoms with Crippen molar-refractivity contribution in [3.05, 3.63) is 47.5 Å².